The van der Waals surface area contributed by atoms with Crippen LogP contribution in [-0.4, -0.2) is 53.5 Å². The molecule has 34 heavy (non-hydrogen) atoms. The van der Waals surface area contributed by atoms with Crippen molar-refractivity contribution in [3.05, 3.63) is 70.5 Å². The van der Waals surface area contributed by atoms with Crippen LogP contribution in [-0.2, 0) is 10.0 Å². The first-order chi connectivity index (χ1) is 16.3. The Morgan fingerprint density at radius 3 is 2.47 bits per heavy atom. The number of ether oxygens (including phenoxy) is 1. The molecule has 1 N–H and O–H groups in total. The van der Waals surface area contributed by atoms with Crippen LogP contribution in [0.3, 0.4) is 0 Å². The topological polar surface area (TPSA) is 137 Å². The maximum Gasteiger partial charge on any atom is 0.269 e. The Balaban J connectivity index is 1.54. The molecule has 12 heteroatoms. The van der Waals surface area contributed by atoms with Gasteiger partial charge in [-0.1, -0.05) is 6.42 Å². The number of nitrogens with zero attached hydrogens (tertiary/aromatic N) is 4. The molecule has 0 radical (unpaired) electrons. The molecule has 0 bridgehead atoms. The first-order valence-corrected chi connectivity index (χ1v) is 12.0. The number of sulfonamides is 1. The number of hydrogen-bond donors (Lipinski definition) is 1. The van der Waals surface area contributed by atoms with Crippen molar-refractivity contribution in [1.82, 2.24) is 14.1 Å². The van der Waals surface area contributed by atoms with Crippen LogP contribution in [0.4, 0.5) is 11.4 Å². The van der Waals surface area contributed by atoms with E-state index in [2.05, 4.69) is 10.4 Å². The summed E-state index contributed by atoms with van der Waals surface area (Å²) in [5, 5.41) is 17.6. The third-order valence-electron chi connectivity index (χ3n) is 5.52. The number of nitrogens with one attached hydrogen (secondary N) is 1. The number of amides is 1. The van der Waals surface area contributed by atoms with Crippen molar-refractivity contribution < 1.29 is 22.9 Å². The molecule has 1 amide bonds. The Morgan fingerprint density at radius 1 is 1.12 bits per heavy atom. The second-order valence-electron chi connectivity index (χ2n) is 7.73. The number of rotatable bonds is 7. The van der Waals surface area contributed by atoms with E-state index in [1.807, 2.05) is 0 Å². The molecule has 0 spiro atoms. The molecule has 1 saturated heterocycles. The Kier molecular flexibility index (Phi) is 6.61. The van der Waals surface area contributed by atoms with Crippen molar-refractivity contribution in [2.45, 2.75) is 24.2 Å². The third-order valence-corrected chi connectivity index (χ3v) is 7.44. The van der Waals surface area contributed by atoms with Crippen LogP contribution in [0.1, 0.15) is 29.6 Å². The first kappa shape index (κ1) is 23.4. The number of piperidine rings is 1. The van der Waals surface area contributed by atoms with Crippen molar-refractivity contribution in [3.63, 3.8) is 0 Å². The number of anilines is 1. The van der Waals surface area contributed by atoms with Crippen LogP contribution in [0.2, 0.25) is 0 Å². The first-order valence-electron chi connectivity index (χ1n) is 10.6. The number of carbonyl (C=O) groups is 1. The van der Waals surface area contributed by atoms with Crippen LogP contribution in [0.15, 0.2) is 59.8 Å². The molecule has 1 aliphatic heterocycles. The van der Waals surface area contributed by atoms with Crippen molar-refractivity contribution >= 4 is 27.3 Å². The van der Waals surface area contributed by atoms with E-state index in [9.17, 15) is 23.3 Å². The summed E-state index contributed by atoms with van der Waals surface area (Å²) in [6, 6.07) is 10.2. The van der Waals surface area contributed by atoms with Crippen LogP contribution in [0.5, 0.6) is 5.75 Å². The minimum atomic E-state index is -3.78. The molecule has 178 valence electrons. The monoisotopic (exact) mass is 485 g/mol. The number of benzene rings is 2. The van der Waals surface area contributed by atoms with Gasteiger partial charge in [-0.3, -0.25) is 14.9 Å². The van der Waals surface area contributed by atoms with E-state index in [1.165, 1.54) is 64.9 Å². The Bertz CT molecular complexity index is 1310. The lowest BCUT2D eigenvalue weighted by atomic mass is 10.2. The summed E-state index contributed by atoms with van der Waals surface area (Å²) in [7, 11) is -2.38. The number of nitro groups is 1. The SMILES string of the molecule is COc1ccc(NC(=O)c2cnn(-c3ccc([N+](=O)[O-])cc3)c2)cc1S(=O)(=O)N1CCCCC1. The molecular weight excluding hydrogens is 462 g/mol. The standard InChI is InChI=1S/C22H23N5O6S/c1-33-20-10-5-17(13-21(20)34(31,32)25-11-3-2-4-12-25)24-22(28)16-14-23-26(15-16)18-6-8-19(9-7-18)27(29)30/h5-10,13-15H,2-4,11-12H2,1H3,(H,24,28). The van der Waals surface area contributed by atoms with Gasteiger partial charge in [0.05, 0.1) is 29.5 Å². The zero-order valence-electron chi connectivity index (χ0n) is 18.4. The summed E-state index contributed by atoms with van der Waals surface area (Å²) < 4.78 is 34.5. The highest BCUT2D eigenvalue weighted by Gasteiger charge is 2.29. The van der Waals surface area contributed by atoms with Gasteiger partial charge >= 0.3 is 0 Å². The third kappa shape index (κ3) is 4.77. The molecule has 4 rings (SSSR count). The Hall–Kier alpha value is -3.77. The summed E-state index contributed by atoms with van der Waals surface area (Å²) in [6.07, 6.45) is 5.43. The van der Waals surface area contributed by atoms with Crippen LogP contribution in [0, 0.1) is 10.1 Å². The number of methoxy groups -OCH3 is 1. The fraction of sp³-hybridized carbons (Fsp3) is 0.273. The zero-order valence-corrected chi connectivity index (χ0v) is 19.2. The van der Waals surface area contributed by atoms with E-state index in [1.54, 1.807) is 6.07 Å². The molecule has 1 aliphatic rings. The zero-order chi connectivity index (χ0) is 24.3. The summed E-state index contributed by atoms with van der Waals surface area (Å²) in [6.45, 7) is 0.897. The van der Waals surface area contributed by atoms with Gasteiger partial charge in [-0.2, -0.15) is 9.40 Å². The van der Waals surface area contributed by atoms with Gasteiger partial charge in [-0.05, 0) is 43.2 Å². The average Bonchev–Trinajstić information content (AvgIpc) is 3.35. The van der Waals surface area contributed by atoms with Gasteiger partial charge in [0, 0.05) is 37.1 Å². The van der Waals surface area contributed by atoms with E-state index in [4.69, 9.17) is 4.74 Å². The molecular formula is C22H23N5O6S. The molecule has 2 heterocycles. The lowest BCUT2D eigenvalue weighted by Crippen LogP contribution is -2.35. The summed E-state index contributed by atoms with van der Waals surface area (Å²) in [4.78, 5) is 23.1. The van der Waals surface area contributed by atoms with Gasteiger partial charge in [-0.15, -0.1) is 0 Å². The maximum absolute atomic E-state index is 13.2. The van der Waals surface area contributed by atoms with Gasteiger partial charge in [0.25, 0.3) is 11.6 Å². The fourth-order valence-electron chi connectivity index (χ4n) is 3.71. The van der Waals surface area contributed by atoms with Crippen LogP contribution >= 0.6 is 0 Å². The van der Waals surface area contributed by atoms with Crippen molar-refractivity contribution in [3.8, 4) is 11.4 Å². The minimum absolute atomic E-state index is 0.00345. The highest BCUT2D eigenvalue weighted by atomic mass is 32.2. The molecule has 0 atom stereocenters. The molecule has 0 unspecified atom stereocenters. The van der Waals surface area contributed by atoms with E-state index >= 15 is 0 Å². The van der Waals surface area contributed by atoms with Crippen molar-refractivity contribution in [1.29, 1.82) is 0 Å². The molecule has 11 nitrogen and oxygen atoms in total. The lowest BCUT2D eigenvalue weighted by Gasteiger charge is -2.26. The van der Waals surface area contributed by atoms with Gasteiger partial charge < -0.3 is 10.1 Å². The molecule has 1 fully saturated rings. The highest BCUT2D eigenvalue weighted by molar-refractivity contribution is 7.89. The lowest BCUT2D eigenvalue weighted by molar-refractivity contribution is -0.384. The molecule has 0 aliphatic carbocycles. The second kappa shape index (κ2) is 9.61. The van der Waals surface area contributed by atoms with E-state index < -0.39 is 20.9 Å². The van der Waals surface area contributed by atoms with Crippen molar-refractivity contribution in [2.75, 3.05) is 25.5 Å². The molecule has 2 aromatic carbocycles. The summed E-state index contributed by atoms with van der Waals surface area (Å²) >= 11 is 0. The van der Waals surface area contributed by atoms with Crippen molar-refractivity contribution in [2.24, 2.45) is 0 Å². The van der Waals surface area contributed by atoms with Gasteiger partial charge in [0.15, 0.2) is 0 Å². The van der Waals surface area contributed by atoms with Gasteiger partial charge in [-0.25, -0.2) is 13.1 Å². The molecule has 3 aromatic rings. The predicted molar refractivity (Wildman–Crippen MR) is 124 cm³/mol. The Morgan fingerprint density at radius 2 is 1.82 bits per heavy atom. The number of aromatic nitrogens is 2. The van der Waals surface area contributed by atoms with Gasteiger partial charge in [0.1, 0.15) is 10.6 Å². The minimum Gasteiger partial charge on any atom is -0.495 e. The quantitative estimate of drug-likeness (QED) is 0.401. The van der Waals surface area contributed by atoms with E-state index in [-0.39, 0.29) is 21.9 Å². The van der Waals surface area contributed by atoms with Gasteiger partial charge in [0.2, 0.25) is 10.0 Å². The number of non-ortho nitro benzene ring substituents is 1. The maximum atomic E-state index is 13.2. The second-order valence-corrected chi connectivity index (χ2v) is 9.64. The van der Waals surface area contributed by atoms with E-state index in [0.29, 0.717) is 24.5 Å². The van der Waals surface area contributed by atoms with Crippen LogP contribution < -0.4 is 10.1 Å². The van der Waals surface area contributed by atoms with Crippen LogP contribution in [0.25, 0.3) is 5.69 Å². The molecule has 0 saturated carbocycles. The summed E-state index contributed by atoms with van der Waals surface area (Å²) in [5.74, 6) is -0.283. The Labute approximate surface area is 196 Å². The largest absolute Gasteiger partial charge is 0.495 e. The number of nitro benzene ring substituents is 1. The summed E-state index contributed by atoms with van der Waals surface area (Å²) in [5.41, 5.74) is 1.02. The fourth-order valence-corrected chi connectivity index (χ4v) is 5.41. The predicted octanol–water partition coefficient (Wildman–Crippen LogP) is 3.22. The average molecular weight is 486 g/mol. The van der Waals surface area contributed by atoms with E-state index in [0.717, 1.165) is 19.3 Å². The number of hydrogen-bond acceptors (Lipinski definition) is 7. The highest BCUT2D eigenvalue weighted by Crippen LogP contribution is 2.31. The molecule has 1 aromatic heterocycles. The smallest absolute Gasteiger partial charge is 0.269 e. The normalized spacial score (nSPS) is 14.5. The number of carbonyl (C=O) groups excluding carboxylic acids is 1.